The number of ether oxygens (including phenoxy) is 2. The number of carbonyl (C=O) groups excluding carboxylic acids is 1. The maximum absolute atomic E-state index is 12.2. The average molecular weight is 383 g/mol. The van der Waals surface area contributed by atoms with Crippen molar-refractivity contribution in [1.82, 2.24) is 10.2 Å². The molecule has 2 aromatic carbocycles. The molecule has 3 aromatic rings. The summed E-state index contributed by atoms with van der Waals surface area (Å²) in [4.78, 5) is 12.2. The number of amides is 1. The van der Waals surface area contributed by atoms with Gasteiger partial charge in [0.2, 0.25) is 6.79 Å². The minimum Gasteiger partial charge on any atom is -0.454 e. The Kier molecular flexibility index (Phi) is 4.76. The van der Waals surface area contributed by atoms with Gasteiger partial charge in [0.15, 0.2) is 17.2 Å². The van der Waals surface area contributed by atoms with Crippen molar-refractivity contribution in [2.75, 3.05) is 17.4 Å². The zero-order valence-electron chi connectivity index (χ0n) is 14.1. The lowest BCUT2D eigenvalue weighted by Gasteiger charge is -2.07. The Morgan fingerprint density at radius 2 is 1.81 bits per heavy atom. The fraction of sp³-hybridized carbons (Fsp3) is 0.105. The van der Waals surface area contributed by atoms with Gasteiger partial charge in [0.05, 0.1) is 0 Å². The molecule has 0 aliphatic carbocycles. The highest BCUT2D eigenvalue weighted by Gasteiger charge is 2.13. The van der Waals surface area contributed by atoms with Crippen LogP contribution >= 0.6 is 11.6 Å². The molecule has 0 spiro atoms. The first-order chi connectivity index (χ1) is 13.2. The van der Waals surface area contributed by atoms with Crippen molar-refractivity contribution in [2.45, 2.75) is 6.54 Å². The predicted octanol–water partition coefficient (Wildman–Crippen LogP) is 3.72. The summed E-state index contributed by atoms with van der Waals surface area (Å²) in [7, 11) is 0. The van der Waals surface area contributed by atoms with Gasteiger partial charge in [0.25, 0.3) is 5.91 Å². The van der Waals surface area contributed by atoms with Gasteiger partial charge in [0, 0.05) is 17.3 Å². The van der Waals surface area contributed by atoms with Crippen LogP contribution in [0.2, 0.25) is 5.02 Å². The van der Waals surface area contributed by atoms with Gasteiger partial charge in [0.1, 0.15) is 5.82 Å². The molecule has 0 atom stereocenters. The third-order valence-corrected chi connectivity index (χ3v) is 4.16. The summed E-state index contributed by atoms with van der Waals surface area (Å²) < 4.78 is 10.6. The van der Waals surface area contributed by atoms with Crippen LogP contribution in [0.3, 0.4) is 0 Å². The van der Waals surface area contributed by atoms with Crippen LogP contribution in [0.15, 0.2) is 54.6 Å². The van der Waals surface area contributed by atoms with Crippen molar-refractivity contribution in [1.29, 1.82) is 0 Å². The largest absolute Gasteiger partial charge is 0.454 e. The summed E-state index contributed by atoms with van der Waals surface area (Å²) in [6.07, 6.45) is 0. The van der Waals surface area contributed by atoms with Crippen molar-refractivity contribution in [3.63, 3.8) is 0 Å². The van der Waals surface area contributed by atoms with Gasteiger partial charge < -0.3 is 20.1 Å². The second kappa shape index (κ2) is 7.51. The average Bonchev–Trinajstić information content (AvgIpc) is 3.16. The van der Waals surface area contributed by atoms with Crippen LogP contribution in [0, 0.1) is 0 Å². The Hall–Kier alpha value is -3.32. The van der Waals surface area contributed by atoms with E-state index in [4.69, 9.17) is 21.1 Å². The van der Waals surface area contributed by atoms with Crippen molar-refractivity contribution >= 4 is 29.0 Å². The van der Waals surface area contributed by atoms with Gasteiger partial charge in [-0.05, 0) is 54.1 Å². The monoisotopic (exact) mass is 382 g/mol. The van der Waals surface area contributed by atoms with E-state index < -0.39 is 0 Å². The molecule has 1 amide bonds. The molecule has 1 aliphatic rings. The molecule has 136 valence electrons. The molecule has 0 unspecified atom stereocenters. The number of hydrogen-bond donors (Lipinski definition) is 2. The number of hydrogen-bond acceptors (Lipinski definition) is 6. The van der Waals surface area contributed by atoms with Gasteiger partial charge in [-0.2, -0.15) is 0 Å². The number of carbonyl (C=O) groups is 1. The fourth-order valence-electron chi connectivity index (χ4n) is 2.52. The summed E-state index contributed by atoms with van der Waals surface area (Å²) in [5.41, 5.74) is 1.88. The Morgan fingerprint density at radius 3 is 2.59 bits per heavy atom. The standard InChI is InChI=1S/C19H15ClN4O3/c20-13-2-4-14(5-3-13)22-19(25)15-6-8-18(24-23-15)21-10-12-1-7-16-17(9-12)27-11-26-16/h1-9H,10-11H2,(H,21,24)(H,22,25). The van der Waals surface area contributed by atoms with E-state index in [1.165, 1.54) is 0 Å². The van der Waals surface area contributed by atoms with Gasteiger partial charge in [-0.15, -0.1) is 10.2 Å². The molecular weight excluding hydrogens is 368 g/mol. The molecule has 0 fully saturated rings. The maximum atomic E-state index is 12.2. The van der Waals surface area contributed by atoms with E-state index in [0.717, 1.165) is 17.1 Å². The highest BCUT2D eigenvalue weighted by molar-refractivity contribution is 6.30. The third-order valence-electron chi connectivity index (χ3n) is 3.91. The number of rotatable bonds is 5. The zero-order chi connectivity index (χ0) is 18.6. The molecule has 0 saturated carbocycles. The molecule has 8 heteroatoms. The molecule has 4 rings (SSSR count). The quantitative estimate of drug-likeness (QED) is 0.699. The van der Waals surface area contributed by atoms with Gasteiger partial charge in [-0.25, -0.2) is 0 Å². The smallest absolute Gasteiger partial charge is 0.276 e. The second-order valence-corrected chi connectivity index (χ2v) is 6.24. The Balaban J connectivity index is 1.35. The van der Waals surface area contributed by atoms with Crippen molar-refractivity contribution in [2.24, 2.45) is 0 Å². The third kappa shape index (κ3) is 4.09. The Morgan fingerprint density at radius 1 is 1.00 bits per heavy atom. The number of aromatic nitrogens is 2. The van der Waals surface area contributed by atoms with Crippen LogP contribution in [0.1, 0.15) is 16.1 Å². The fourth-order valence-corrected chi connectivity index (χ4v) is 2.65. The molecule has 1 aromatic heterocycles. The summed E-state index contributed by atoms with van der Waals surface area (Å²) in [5.74, 6) is 1.70. The second-order valence-electron chi connectivity index (χ2n) is 5.81. The molecule has 1 aliphatic heterocycles. The number of benzene rings is 2. The van der Waals surface area contributed by atoms with Gasteiger partial charge >= 0.3 is 0 Å². The zero-order valence-corrected chi connectivity index (χ0v) is 14.9. The molecule has 0 bridgehead atoms. The van der Waals surface area contributed by atoms with Gasteiger partial charge in [-0.3, -0.25) is 4.79 Å². The molecule has 2 N–H and O–H groups in total. The van der Waals surface area contributed by atoms with Crippen molar-refractivity contribution in [3.05, 3.63) is 70.9 Å². The van der Waals surface area contributed by atoms with Crippen LogP contribution in [-0.4, -0.2) is 22.9 Å². The minimum absolute atomic E-state index is 0.221. The van der Waals surface area contributed by atoms with Crippen molar-refractivity contribution < 1.29 is 14.3 Å². The van der Waals surface area contributed by atoms with Crippen LogP contribution in [0.5, 0.6) is 11.5 Å². The number of halogens is 1. The van der Waals surface area contributed by atoms with E-state index in [0.29, 0.717) is 23.1 Å². The first-order valence-corrected chi connectivity index (χ1v) is 8.58. The normalized spacial score (nSPS) is 11.9. The lowest BCUT2D eigenvalue weighted by atomic mass is 10.2. The topological polar surface area (TPSA) is 85.4 Å². The lowest BCUT2D eigenvalue weighted by molar-refractivity contribution is 0.102. The van der Waals surface area contributed by atoms with E-state index >= 15 is 0 Å². The van der Waals surface area contributed by atoms with Crippen LogP contribution in [-0.2, 0) is 6.54 Å². The van der Waals surface area contributed by atoms with Crippen LogP contribution < -0.4 is 20.1 Å². The molecule has 2 heterocycles. The summed E-state index contributed by atoms with van der Waals surface area (Å²) >= 11 is 5.83. The summed E-state index contributed by atoms with van der Waals surface area (Å²) in [5, 5.41) is 14.5. The number of anilines is 2. The number of nitrogens with zero attached hydrogens (tertiary/aromatic N) is 2. The Bertz CT molecular complexity index is 962. The minimum atomic E-state index is -0.341. The SMILES string of the molecule is O=C(Nc1ccc(Cl)cc1)c1ccc(NCc2ccc3c(c2)OCO3)nn1. The molecule has 7 nitrogen and oxygen atoms in total. The number of fused-ring (bicyclic) bond motifs is 1. The summed E-state index contributed by atoms with van der Waals surface area (Å²) in [6, 6.07) is 15.9. The lowest BCUT2D eigenvalue weighted by Crippen LogP contribution is -2.14. The Labute approximate surface area is 160 Å². The van der Waals surface area contributed by atoms with E-state index in [2.05, 4.69) is 20.8 Å². The van der Waals surface area contributed by atoms with Crippen LogP contribution in [0.25, 0.3) is 0 Å². The van der Waals surface area contributed by atoms with E-state index in [-0.39, 0.29) is 18.4 Å². The van der Waals surface area contributed by atoms with Gasteiger partial charge in [-0.1, -0.05) is 17.7 Å². The molecule has 27 heavy (non-hydrogen) atoms. The molecule has 0 radical (unpaired) electrons. The van der Waals surface area contributed by atoms with Crippen LogP contribution in [0.4, 0.5) is 11.5 Å². The van der Waals surface area contributed by atoms with E-state index in [1.807, 2.05) is 18.2 Å². The molecule has 0 saturated heterocycles. The maximum Gasteiger partial charge on any atom is 0.276 e. The summed E-state index contributed by atoms with van der Waals surface area (Å²) in [6.45, 7) is 0.791. The number of nitrogens with one attached hydrogen (secondary N) is 2. The highest BCUT2D eigenvalue weighted by Crippen LogP contribution is 2.32. The highest BCUT2D eigenvalue weighted by atomic mass is 35.5. The first-order valence-electron chi connectivity index (χ1n) is 8.20. The van der Waals surface area contributed by atoms with Crippen molar-refractivity contribution in [3.8, 4) is 11.5 Å². The first kappa shape index (κ1) is 17.1. The molecular formula is C19H15ClN4O3. The predicted molar refractivity (Wildman–Crippen MR) is 101 cm³/mol. The van der Waals surface area contributed by atoms with E-state index in [9.17, 15) is 4.79 Å². The van der Waals surface area contributed by atoms with E-state index in [1.54, 1.807) is 36.4 Å².